The van der Waals surface area contributed by atoms with Crippen LogP contribution < -0.4 is 5.32 Å². The molecule has 0 spiro atoms. The first-order valence-corrected chi connectivity index (χ1v) is 7.33. The van der Waals surface area contributed by atoms with E-state index in [1.54, 1.807) is 12.1 Å². The van der Waals surface area contributed by atoms with Crippen LogP contribution in [0.5, 0.6) is 0 Å². The van der Waals surface area contributed by atoms with Crippen LogP contribution >= 0.6 is 15.9 Å². The minimum absolute atomic E-state index is 0.291. The van der Waals surface area contributed by atoms with Gasteiger partial charge in [-0.15, -0.1) is 15.3 Å². The maximum Gasteiger partial charge on any atom is 0.299 e. The van der Waals surface area contributed by atoms with E-state index >= 15 is 0 Å². The molecule has 5 nitrogen and oxygen atoms in total. The molecule has 0 bridgehead atoms. The van der Waals surface area contributed by atoms with Crippen molar-refractivity contribution in [3.05, 3.63) is 51.8 Å². The van der Waals surface area contributed by atoms with Crippen LogP contribution in [0.2, 0.25) is 0 Å². The number of aryl methyl sites for hydroxylation is 1. The number of benzene rings is 1. The maximum absolute atomic E-state index is 12.8. The Morgan fingerprint density at radius 1 is 1.23 bits per heavy atom. The van der Waals surface area contributed by atoms with Crippen LogP contribution in [0.15, 0.2) is 34.8 Å². The van der Waals surface area contributed by atoms with Gasteiger partial charge in [0, 0.05) is 11.0 Å². The Balaban J connectivity index is 1.84. The standard InChI is InChI=1S/C14H12BrF2N5/c1-8-2-3-10(15)6-9(8)7-18-11-4-5-12-19-20-14(13(16)17)22(12)21-11/h2-6,13H,7H2,1H3,(H,18,21). The third-order valence-electron chi connectivity index (χ3n) is 3.25. The number of aromatic nitrogens is 4. The summed E-state index contributed by atoms with van der Waals surface area (Å²) in [6, 6.07) is 9.26. The van der Waals surface area contributed by atoms with Gasteiger partial charge >= 0.3 is 0 Å². The smallest absolute Gasteiger partial charge is 0.299 e. The summed E-state index contributed by atoms with van der Waals surface area (Å²) >= 11 is 3.43. The molecule has 1 N–H and O–H groups in total. The molecule has 0 saturated heterocycles. The SMILES string of the molecule is Cc1ccc(Br)cc1CNc1ccc2nnc(C(F)F)n2n1. The molecule has 1 aromatic carbocycles. The van der Waals surface area contributed by atoms with E-state index in [4.69, 9.17) is 0 Å². The fraction of sp³-hybridized carbons (Fsp3) is 0.214. The Kier molecular flexibility index (Phi) is 4.02. The molecule has 8 heteroatoms. The first-order valence-electron chi connectivity index (χ1n) is 6.54. The van der Waals surface area contributed by atoms with Crippen LogP contribution in [0.1, 0.15) is 23.4 Å². The van der Waals surface area contributed by atoms with Gasteiger partial charge in [0.25, 0.3) is 6.43 Å². The zero-order valence-corrected chi connectivity index (χ0v) is 13.2. The van der Waals surface area contributed by atoms with Crippen molar-refractivity contribution in [3.63, 3.8) is 0 Å². The summed E-state index contributed by atoms with van der Waals surface area (Å²) in [5.41, 5.74) is 2.52. The van der Waals surface area contributed by atoms with Gasteiger partial charge in [0.15, 0.2) is 5.65 Å². The highest BCUT2D eigenvalue weighted by Crippen LogP contribution is 2.19. The van der Waals surface area contributed by atoms with Crippen LogP contribution in [0.4, 0.5) is 14.6 Å². The summed E-state index contributed by atoms with van der Waals surface area (Å²) in [4.78, 5) is 0. The number of nitrogens with one attached hydrogen (secondary N) is 1. The fourth-order valence-electron chi connectivity index (χ4n) is 2.05. The van der Waals surface area contributed by atoms with Crippen LogP contribution in [-0.4, -0.2) is 19.8 Å². The van der Waals surface area contributed by atoms with Crippen molar-refractivity contribution in [2.75, 3.05) is 5.32 Å². The number of nitrogens with zero attached hydrogens (tertiary/aromatic N) is 4. The normalized spacial score (nSPS) is 11.3. The predicted molar refractivity (Wildman–Crippen MR) is 81.9 cm³/mol. The molecular formula is C14H12BrF2N5. The second kappa shape index (κ2) is 5.96. The van der Waals surface area contributed by atoms with Gasteiger partial charge in [0.1, 0.15) is 5.82 Å². The molecule has 3 rings (SSSR count). The highest BCUT2D eigenvalue weighted by molar-refractivity contribution is 9.10. The Hall–Kier alpha value is -2.09. The maximum atomic E-state index is 12.8. The number of hydrogen-bond donors (Lipinski definition) is 1. The van der Waals surface area contributed by atoms with Gasteiger partial charge in [-0.3, -0.25) is 0 Å². The van der Waals surface area contributed by atoms with Gasteiger partial charge in [0.05, 0.1) is 0 Å². The Bertz CT molecular complexity index is 818. The molecule has 0 saturated carbocycles. The van der Waals surface area contributed by atoms with Crippen molar-refractivity contribution in [2.45, 2.75) is 19.9 Å². The van der Waals surface area contributed by atoms with Crippen LogP contribution in [0, 0.1) is 6.92 Å². The van der Waals surface area contributed by atoms with E-state index in [2.05, 4.69) is 36.5 Å². The van der Waals surface area contributed by atoms with E-state index < -0.39 is 12.2 Å². The average molecular weight is 368 g/mol. The molecule has 0 aliphatic carbocycles. The molecule has 0 amide bonds. The fourth-order valence-corrected chi connectivity index (χ4v) is 2.46. The molecule has 2 heterocycles. The molecule has 0 aliphatic rings. The molecular weight excluding hydrogens is 356 g/mol. The van der Waals surface area contributed by atoms with Gasteiger partial charge in [-0.2, -0.15) is 4.52 Å². The summed E-state index contributed by atoms with van der Waals surface area (Å²) < 4.78 is 27.7. The van der Waals surface area contributed by atoms with E-state index in [0.29, 0.717) is 18.0 Å². The number of alkyl halides is 2. The van der Waals surface area contributed by atoms with E-state index in [1.807, 2.05) is 25.1 Å². The zero-order chi connectivity index (χ0) is 15.7. The lowest BCUT2D eigenvalue weighted by molar-refractivity contribution is 0.137. The lowest BCUT2D eigenvalue weighted by Gasteiger charge is -2.09. The van der Waals surface area contributed by atoms with Gasteiger partial charge in [-0.25, -0.2) is 8.78 Å². The van der Waals surface area contributed by atoms with E-state index in [-0.39, 0.29) is 0 Å². The van der Waals surface area contributed by atoms with Crippen LogP contribution in [-0.2, 0) is 6.54 Å². The number of halogens is 3. The molecule has 3 aromatic rings. The molecule has 2 aromatic heterocycles. The Morgan fingerprint density at radius 3 is 2.82 bits per heavy atom. The number of rotatable bonds is 4. The number of anilines is 1. The lowest BCUT2D eigenvalue weighted by Crippen LogP contribution is -2.07. The van der Waals surface area contributed by atoms with Crippen molar-refractivity contribution in [1.29, 1.82) is 0 Å². The highest BCUT2D eigenvalue weighted by atomic mass is 79.9. The molecule has 0 atom stereocenters. The number of hydrogen-bond acceptors (Lipinski definition) is 4. The third-order valence-corrected chi connectivity index (χ3v) is 3.75. The van der Waals surface area contributed by atoms with Gasteiger partial charge in [-0.05, 0) is 42.3 Å². The van der Waals surface area contributed by atoms with E-state index in [9.17, 15) is 8.78 Å². The predicted octanol–water partition coefficient (Wildman–Crippen LogP) is 3.74. The van der Waals surface area contributed by atoms with Crippen LogP contribution in [0.3, 0.4) is 0 Å². The summed E-state index contributed by atoms with van der Waals surface area (Å²) in [6.45, 7) is 2.55. The molecule has 0 fully saturated rings. The lowest BCUT2D eigenvalue weighted by atomic mass is 10.1. The molecule has 0 unspecified atom stereocenters. The Morgan fingerprint density at radius 2 is 2.05 bits per heavy atom. The molecule has 114 valence electrons. The van der Waals surface area contributed by atoms with Gasteiger partial charge in [-0.1, -0.05) is 22.0 Å². The zero-order valence-electron chi connectivity index (χ0n) is 11.6. The second-order valence-corrected chi connectivity index (χ2v) is 5.69. The van der Waals surface area contributed by atoms with Gasteiger partial charge < -0.3 is 5.32 Å². The molecule has 0 radical (unpaired) electrons. The third kappa shape index (κ3) is 2.92. The minimum Gasteiger partial charge on any atom is -0.365 e. The number of fused-ring (bicyclic) bond motifs is 1. The first kappa shape index (κ1) is 14.8. The minimum atomic E-state index is -2.72. The Labute approximate surface area is 133 Å². The summed E-state index contributed by atoms with van der Waals surface area (Å²) in [7, 11) is 0. The monoisotopic (exact) mass is 367 g/mol. The summed E-state index contributed by atoms with van der Waals surface area (Å²) in [5, 5.41) is 14.3. The summed E-state index contributed by atoms with van der Waals surface area (Å²) in [6.07, 6.45) is -2.72. The molecule has 22 heavy (non-hydrogen) atoms. The molecule has 0 aliphatic heterocycles. The second-order valence-electron chi connectivity index (χ2n) is 4.77. The van der Waals surface area contributed by atoms with Crippen molar-refractivity contribution in [3.8, 4) is 0 Å². The van der Waals surface area contributed by atoms with E-state index in [1.165, 1.54) is 0 Å². The topological polar surface area (TPSA) is 55.1 Å². The van der Waals surface area contributed by atoms with Gasteiger partial charge in [0.2, 0.25) is 5.82 Å². The summed E-state index contributed by atoms with van der Waals surface area (Å²) in [5.74, 6) is 0.0193. The van der Waals surface area contributed by atoms with Crippen LogP contribution in [0.25, 0.3) is 5.65 Å². The largest absolute Gasteiger partial charge is 0.365 e. The van der Waals surface area contributed by atoms with Crippen molar-refractivity contribution in [2.24, 2.45) is 0 Å². The average Bonchev–Trinajstić information content (AvgIpc) is 2.91. The van der Waals surface area contributed by atoms with Crippen molar-refractivity contribution < 1.29 is 8.78 Å². The van der Waals surface area contributed by atoms with Crippen molar-refractivity contribution >= 4 is 27.4 Å². The highest BCUT2D eigenvalue weighted by Gasteiger charge is 2.16. The first-order chi connectivity index (χ1) is 10.5. The quantitative estimate of drug-likeness (QED) is 0.762. The van der Waals surface area contributed by atoms with E-state index in [0.717, 1.165) is 20.1 Å². The van der Waals surface area contributed by atoms with Crippen molar-refractivity contribution in [1.82, 2.24) is 19.8 Å².